The second kappa shape index (κ2) is 10.2. The molecule has 1 fully saturated rings. The van der Waals surface area contributed by atoms with Gasteiger partial charge in [0.25, 0.3) is 0 Å². The van der Waals surface area contributed by atoms with Gasteiger partial charge >= 0.3 is 6.18 Å². The van der Waals surface area contributed by atoms with Gasteiger partial charge in [0.1, 0.15) is 11.5 Å². The average Bonchev–Trinajstić information content (AvgIpc) is 2.78. The van der Waals surface area contributed by atoms with Crippen molar-refractivity contribution in [1.29, 1.82) is 5.41 Å². The summed E-state index contributed by atoms with van der Waals surface area (Å²) in [6.07, 6.45) is 2.83. The van der Waals surface area contributed by atoms with Gasteiger partial charge in [0.05, 0.1) is 30.9 Å². The Morgan fingerprint density at radius 3 is 2.94 bits per heavy atom. The monoisotopic (exact) mass is 447 g/mol. The number of aliphatic imine (C=N–C) groups is 2. The fourth-order valence-electron chi connectivity index (χ4n) is 3.42. The number of anilines is 1. The second-order valence-electron chi connectivity index (χ2n) is 7.08. The highest BCUT2D eigenvalue weighted by atomic mass is 19.4. The highest BCUT2D eigenvalue weighted by Crippen LogP contribution is 2.28. The average molecular weight is 447 g/mol. The van der Waals surface area contributed by atoms with Crippen LogP contribution in [0.4, 0.5) is 19.0 Å². The summed E-state index contributed by atoms with van der Waals surface area (Å²) >= 11 is 0. The SMILES string of the molecule is C=N/C=C(/c1nccc(N2CCNC(/C(C=N)=C/N)C2)n1)N1C=C(CC(F)(F)F)N=CC1. The first-order chi connectivity index (χ1) is 15.3. The zero-order chi connectivity index (χ0) is 23.1. The highest BCUT2D eigenvalue weighted by molar-refractivity contribution is 5.77. The van der Waals surface area contributed by atoms with Gasteiger partial charge in [-0.15, -0.1) is 0 Å². The van der Waals surface area contributed by atoms with Crippen molar-refractivity contribution in [3.63, 3.8) is 0 Å². The van der Waals surface area contributed by atoms with Crippen molar-refractivity contribution in [2.75, 3.05) is 31.1 Å². The quantitative estimate of drug-likeness (QED) is 0.550. The number of aromatic nitrogens is 2. The minimum atomic E-state index is -4.37. The molecule has 4 N–H and O–H groups in total. The molecule has 0 spiro atoms. The van der Waals surface area contributed by atoms with Crippen LogP contribution in [0, 0.1) is 5.41 Å². The molecule has 0 amide bonds. The number of hydrogen-bond donors (Lipinski definition) is 3. The van der Waals surface area contributed by atoms with E-state index < -0.39 is 12.6 Å². The summed E-state index contributed by atoms with van der Waals surface area (Å²) in [4.78, 5) is 20.1. The summed E-state index contributed by atoms with van der Waals surface area (Å²) < 4.78 is 38.4. The summed E-state index contributed by atoms with van der Waals surface area (Å²) in [5.74, 6) is 0.938. The second-order valence-corrected chi connectivity index (χ2v) is 7.08. The van der Waals surface area contributed by atoms with Crippen molar-refractivity contribution in [2.45, 2.75) is 18.6 Å². The van der Waals surface area contributed by atoms with E-state index in [1.165, 1.54) is 31.0 Å². The van der Waals surface area contributed by atoms with Crippen molar-refractivity contribution in [1.82, 2.24) is 20.2 Å². The Hall–Kier alpha value is -3.54. The van der Waals surface area contributed by atoms with Crippen LogP contribution in [-0.4, -0.2) is 72.4 Å². The number of nitrogens with zero attached hydrogens (tertiary/aromatic N) is 6. The molecule has 0 radical (unpaired) electrons. The third-order valence-corrected chi connectivity index (χ3v) is 4.88. The van der Waals surface area contributed by atoms with Crippen LogP contribution in [0.15, 0.2) is 52.1 Å². The molecule has 2 aliphatic heterocycles. The van der Waals surface area contributed by atoms with Gasteiger partial charge in [-0.25, -0.2) is 9.97 Å². The van der Waals surface area contributed by atoms with E-state index in [1.54, 1.807) is 17.2 Å². The van der Waals surface area contributed by atoms with E-state index in [0.29, 0.717) is 42.5 Å². The standard InChI is InChI=1S/C20H24F3N9/c1-26-11-17(31-6-4-27-15(12-31)8-20(21,22)23)19-29-3-2-18(30-19)32-7-5-28-16(13-32)14(9-24)10-25/h2-4,9-12,16,24,28H,1,5-8,13,25H2/b14-10+,17-11-,24-9?. The van der Waals surface area contributed by atoms with Gasteiger partial charge in [0.2, 0.25) is 0 Å². The van der Waals surface area contributed by atoms with Gasteiger partial charge in [-0.05, 0) is 12.8 Å². The molecule has 0 bridgehead atoms. The number of rotatable bonds is 7. The first kappa shape index (κ1) is 23.1. The van der Waals surface area contributed by atoms with E-state index in [4.69, 9.17) is 11.1 Å². The molecule has 3 heterocycles. The number of allylic oxidation sites excluding steroid dienone is 1. The molecule has 9 nitrogen and oxygen atoms in total. The predicted octanol–water partition coefficient (Wildman–Crippen LogP) is 1.93. The van der Waals surface area contributed by atoms with E-state index in [0.717, 1.165) is 0 Å². The Labute approximate surface area is 183 Å². The van der Waals surface area contributed by atoms with E-state index in [9.17, 15) is 13.2 Å². The lowest BCUT2D eigenvalue weighted by Crippen LogP contribution is -2.52. The van der Waals surface area contributed by atoms with Gasteiger partial charge in [-0.1, -0.05) is 0 Å². The Bertz CT molecular complexity index is 965. The van der Waals surface area contributed by atoms with Gasteiger partial charge in [0.15, 0.2) is 5.82 Å². The number of hydrogen-bond acceptors (Lipinski definition) is 9. The maximum Gasteiger partial charge on any atom is 0.394 e. The van der Waals surface area contributed by atoms with Crippen LogP contribution >= 0.6 is 0 Å². The molecular formula is C20H24F3N9. The minimum absolute atomic E-state index is 0.118. The summed E-state index contributed by atoms with van der Waals surface area (Å²) in [7, 11) is 0. The normalized spacial score (nSPS) is 20.2. The number of alkyl halides is 3. The minimum Gasteiger partial charge on any atom is -0.404 e. The van der Waals surface area contributed by atoms with Crippen molar-refractivity contribution in [2.24, 2.45) is 15.7 Å². The van der Waals surface area contributed by atoms with Crippen LogP contribution in [-0.2, 0) is 0 Å². The van der Waals surface area contributed by atoms with Crippen molar-refractivity contribution < 1.29 is 13.2 Å². The third kappa shape index (κ3) is 5.78. The van der Waals surface area contributed by atoms with E-state index in [1.807, 2.05) is 4.90 Å². The first-order valence-corrected chi connectivity index (χ1v) is 9.81. The lowest BCUT2D eigenvalue weighted by molar-refractivity contribution is -0.127. The number of piperazine rings is 1. The Morgan fingerprint density at radius 1 is 1.44 bits per heavy atom. The van der Waals surface area contributed by atoms with Crippen molar-refractivity contribution in [3.8, 4) is 0 Å². The molecule has 32 heavy (non-hydrogen) atoms. The molecule has 0 saturated carbocycles. The van der Waals surface area contributed by atoms with Gasteiger partial charge in [-0.3, -0.25) is 9.98 Å². The highest BCUT2D eigenvalue weighted by Gasteiger charge is 2.30. The number of halogens is 3. The number of nitrogens with two attached hydrogens (primary N) is 1. The van der Waals surface area contributed by atoms with Crippen LogP contribution in [0.3, 0.4) is 0 Å². The Balaban J connectivity index is 1.86. The fraction of sp³-hybridized carbons (Fsp3) is 0.350. The largest absolute Gasteiger partial charge is 0.404 e. The summed E-state index contributed by atoms with van der Waals surface area (Å²) in [5.41, 5.74) is 6.56. The molecule has 170 valence electrons. The molecule has 1 atom stereocenters. The Kier molecular flexibility index (Phi) is 7.36. The van der Waals surface area contributed by atoms with E-state index in [-0.39, 0.29) is 18.3 Å². The summed E-state index contributed by atoms with van der Waals surface area (Å²) in [6, 6.07) is 1.63. The fourth-order valence-corrected chi connectivity index (χ4v) is 3.42. The topological polar surface area (TPSA) is 119 Å². The lowest BCUT2D eigenvalue weighted by atomic mass is 10.1. The van der Waals surface area contributed by atoms with E-state index >= 15 is 0 Å². The Morgan fingerprint density at radius 2 is 2.25 bits per heavy atom. The van der Waals surface area contributed by atoms with E-state index in [2.05, 4.69) is 32.0 Å². The molecule has 1 saturated heterocycles. The maximum absolute atomic E-state index is 12.8. The maximum atomic E-state index is 12.8. The van der Waals surface area contributed by atoms with Gasteiger partial charge in [0, 0.05) is 56.2 Å². The summed E-state index contributed by atoms with van der Waals surface area (Å²) in [6.45, 7) is 5.59. The molecular weight excluding hydrogens is 423 g/mol. The molecule has 3 rings (SSSR count). The van der Waals surface area contributed by atoms with Crippen molar-refractivity contribution in [3.05, 3.63) is 48.0 Å². The molecule has 2 aliphatic rings. The molecule has 1 aromatic heterocycles. The lowest BCUT2D eigenvalue weighted by Gasteiger charge is -2.35. The van der Waals surface area contributed by atoms with Gasteiger partial charge in [-0.2, -0.15) is 13.2 Å². The summed E-state index contributed by atoms with van der Waals surface area (Å²) in [5, 5.41) is 10.8. The van der Waals surface area contributed by atoms with Crippen LogP contribution in [0.1, 0.15) is 12.2 Å². The molecule has 0 aromatic carbocycles. The zero-order valence-electron chi connectivity index (χ0n) is 17.3. The predicted molar refractivity (Wildman–Crippen MR) is 119 cm³/mol. The van der Waals surface area contributed by atoms with Crippen LogP contribution in [0.2, 0.25) is 0 Å². The van der Waals surface area contributed by atoms with Crippen LogP contribution < -0.4 is 16.0 Å². The van der Waals surface area contributed by atoms with Crippen molar-refractivity contribution >= 4 is 30.7 Å². The zero-order valence-corrected chi connectivity index (χ0v) is 17.3. The first-order valence-electron chi connectivity index (χ1n) is 9.81. The molecule has 1 aromatic rings. The molecule has 12 heteroatoms. The third-order valence-electron chi connectivity index (χ3n) is 4.88. The molecule has 0 aliphatic carbocycles. The smallest absolute Gasteiger partial charge is 0.394 e. The number of nitrogens with one attached hydrogen (secondary N) is 2. The molecule has 1 unspecified atom stereocenters. The van der Waals surface area contributed by atoms with Crippen LogP contribution in [0.5, 0.6) is 0 Å². The van der Waals surface area contributed by atoms with Crippen LogP contribution in [0.25, 0.3) is 5.70 Å². The van der Waals surface area contributed by atoms with Gasteiger partial charge < -0.3 is 26.3 Å².